The molecule has 1 atom stereocenters. The monoisotopic (exact) mass is 302 g/mol. The van der Waals surface area contributed by atoms with Crippen LogP contribution in [0.5, 0.6) is 0 Å². The number of amides is 3. The molecule has 2 fully saturated rings. The van der Waals surface area contributed by atoms with Gasteiger partial charge in [-0.05, 0) is 18.2 Å². The van der Waals surface area contributed by atoms with Crippen LogP contribution < -0.4 is 4.90 Å². The molecule has 0 spiro atoms. The third kappa shape index (κ3) is 1.94. The predicted octanol–water partition coefficient (Wildman–Crippen LogP) is 2.55. The van der Waals surface area contributed by atoms with Crippen molar-refractivity contribution in [3.63, 3.8) is 0 Å². The lowest BCUT2D eigenvalue weighted by Gasteiger charge is -2.16. The Morgan fingerprint density at radius 3 is 2.65 bits per heavy atom. The van der Waals surface area contributed by atoms with Crippen LogP contribution in [0.2, 0.25) is 0 Å². The van der Waals surface area contributed by atoms with Crippen molar-refractivity contribution in [2.24, 2.45) is 0 Å². The number of halogens is 3. The smallest absolute Gasteiger partial charge is 0.302 e. The fourth-order valence-electron chi connectivity index (χ4n) is 2.27. The van der Waals surface area contributed by atoms with E-state index < -0.39 is 29.7 Å². The third-order valence-corrected chi connectivity index (χ3v) is 4.27. The molecule has 20 heavy (non-hydrogen) atoms. The van der Waals surface area contributed by atoms with E-state index in [1.807, 2.05) is 0 Å². The number of fused-ring (bicyclic) bond motifs is 1. The number of hydrogen-bond acceptors (Lipinski definition) is 3. The summed E-state index contributed by atoms with van der Waals surface area (Å²) in [5.41, 5.74) is -0.911. The number of imide groups is 1. The molecule has 2 aliphatic heterocycles. The zero-order valence-corrected chi connectivity index (χ0v) is 10.9. The minimum Gasteiger partial charge on any atom is -0.302 e. The van der Waals surface area contributed by atoms with Crippen molar-refractivity contribution in [2.75, 3.05) is 16.5 Å². The first-order valence-corrected chi connectivity index (χ1v) is 6.94. The largest absolute Gasteiger partial charge is 0.416 e. The first-order valence-electron chi connectivity index (χ1n) is 5.79. The second-order valence-electron chi connectivity index (χ2n) is 4.49. The van der Waals surface area contributed by atoms with Crippen molar-refractivity contribution in [1.82, 2.24) is 4.90 Å². The van der Waals surface area contributed by atoms with Gasteiger partial charge in [0.2, 0.25) is 0 Å². The average Bonchev–Trinajstić information content (AvgIpc) is 2.94. The molecule has 0 radical (unpaired) electrons. The first kappa shape index (κ1) is 13.3. The number of nitrogens with zero attached hydrogens (tertiary/aromatic N) is 2. The van der Waals surface area contributed by atoms with E-state index in [9.17, 15) is 22.8 Å². The van der Waals surface area contributed by atoms with E-state index in [-0.39, 0.29) is 5.69 Å². The van der Waals surface area contributed by atoms with Gasteiger partial charge in [0.05, 0.1) is 17.1 Å². The summed E-state index contributed by atoms with van der Waals surface area (Å²) in [5.74, 6) is 0.421. The zero-order chi connectivity index (χ0) is 14.5. The predicted molar refractivity (Wildman–Crippen MR) is 67.3 cm³/mol. The molecule has 2 heterocycles. The number of anilines is 1. The van der Waals surface area contributed by atoms with Gasteiger partial charge in [-0.2, -0.15) is 13.2 Å². The van der Waals surface area contributed by atoms with Gasteiger partial charge in [-0.1, -0.05) is 6.07 Å². The number of benzene rings is 1. The lowest BCUT2D eigenvalue weighted by molar-refractivity contribution is -0.137. The van der Waals surface area contributed by atoms with Crippen LogP contribution in [0.4, 0.5) is 23.7 Å². The van der Waals surface area contributed by atoms with E-state index in [1.54, 1.807) is 0 Å². The molecule has 0 unspecified atom stereocenters. The molecular weight excluding hydrogens is 293 g/mol. The van der Waals surface area contributed by atoms with E-state index in [0.29, 0.717) is 11.6 Å². The van der Waals surface area contributed by atoms with Crippen molar-refractivity contribution < 1.29 is 22.8 Å². The number of carbonyl (C=O) groups excluding carboxylic acids is 2. The molecule has 106 valence electrons. The number of thioether (sulfide) groups is 1. The number of alkyl halides is 3. The molecule has 0 N–H and O–H groups in total. The van der Waals surface area contributed by atoms with Crippen LogP contribution in [-0.4, -0.2) is 34.5 Å². The standard InChI is InChI=1S/C12H9F3N2O2S/c13-12(14,15)7-2-1-3-8(4-7)17-10(18)9-5-20-6-16(9)11(17)19/h1-4,9H,5-6H2/t9-/m1/s1. The van der Waals surface area contributed by atoms with Crippen molar-refractivity contribution in [3.8, 4) is 0 Å². The van der Waals surface area contributed by atoms with Gasteiger partial charge in [-0.3, -0.25) is 4.79 Å². The Labute approximate surface area is 116 Å². The maximum atomic E-state index is 12.7. The van der Waals surface area contributed by atoms with Gasteiger partial charge in [-0.25, -0.2) is 9.69 Å². The van der Waals surface area contributed by atoms with Gasteiger partial charge in [0.15, 0.2) is 0 Å². The minimum atomic E-state index is -4.51. The van der Waals surface area contributed by atoms with Gasteiger partial charge >= 0.3 is 12.2 Å². The molecule has 2 saturated heterocycles. The molecular formula is C12H9F3N2O2S. The van der Waals surface area contributed by atoms with E-state index in [2.05, 4.69) is 0 Å². The lowest BCUT2D eigenvalue weighted by atomic mass is 10.2. The number of rotatable bonds is 1. The third-order valence-electron chi connectivity index (χ3n) is 3.26. The summed E-state index contributed by atoms with van der Waals surface area (Å²) in [5, 5.41) is 0. The Morgan fingerprint density at radius 1 is 1.25 bits per heavy atom. The van der Waals surface area contributed by atoms with Crippen LogP contribution in [0.1, 0.15) is 5.56 Å². The Kier molecular flexibility index (Phi) is 2.93. The molecule has 3 amide bonds. The maximum Gasteiger partial charge on any atom is 0.416 e. The Morgan fingerprint density at radius 2 is 2.00 bits per heavy atom. The van der Waals surface area contributed by atoms with E-state index in [4.69, 9.17) is 0 Å². The van der Waals surface area contributed by atoms with Crippen molar-refractivity contribution in [2.45, 2.75) is 12.2 Å². The fraction of sp³-hybridized carbons (Fsp3) is 0.333. The molecule has 1 aromatic carbocycles. The average molecular weight is 302 g/mol. The molecule has 2 aliphatic rings. The highest BCUT2D eigenvalue weighted by Gasteiger charge is 2.48. The highest BCUT2D eigenvalue weighted by Crippen LogP contribution is 2.35. The SMILES string of the molecule is O=C1[C@H]2CSCN2C(=O)N1c1cccc(C(F)(F)F)c1. The van der Waals surface area contributed by atoms with Crippen molar-refractivity contribution in [1.29, 1.82) is 0 Å². The molecule has 8 heteroatoms. The van der Waals surface area contributed by atoms with Crippen LogP contribution >= 0.6 is 11.8 Å². The zero-order valence-electron chi connectivity index (χ0n) is 10.1. The highest BCUT2D eigenvalue weighted by atomic mass is 32.2. The van der Waals surface area contributed by atoms with Crippen molar-refractivity contribution in [3.05, 3.63) is 29.8 Å². The Bertz CT molecular complexity index is 568. The summed E-state index contributed by atoms with van der Waals surface area (Å²) in [6.07, 6.45) is -4.51. The van der Waals surface area contributed by atoms with Crippen molar-refractivity contribution >= 4 is 29.4 Å². The van der Waals surface area contributed by atoms with Crippen LogP contribution in [-0.2, 0) is 11.0 Å². The molecule has 4 nitrogen and oxygen atoms in total. The topological polar surface area (TPSA) is 40.6 Å². The van der Waals surface area contributed by atoms with Crippen LogP contribution in [0.25, 0.3) is 0 Å². The second-order valence-corrected chi connectivity index (χ2v) is 5.49. The van der Waals surface area contributed by atoms with E-state index in [1.165, 1.54) is 28.8 Å². The van der Waals surface area contributed by atoms with Crippen LogP contribution in [0.15, 0.2) is 24.3 Å². The first-order chi connectivity index (χ1) is 9.39. The summed E-state index contributed by atoms with van der Waals surface area (Å²) in [6, 6.07) is 3.15. The summed E-state index contributed by atoms with van der Waals surface area (Å²) < 4.78 is 38.0. The lowest BCUT2D eigenvalue weighted by Crippen LogP contribution is -2.32. The quantitative estimate of drug-likeness (QED) is 0.749. The van der Waals surface area contributed by atoms with Gasteiger partial charge in [0.1, 0.15) is 6.04 Å². The minimum absolute atomic E-state index is 0.0331. The molecule has 1 aromatic rings. The summed E-state index contributed by atoms with van der Waals surface area (Å²) in [7, 11) is 0. The van der Waals surface area contributed by atoms with Gasteiger partial charge < -0.3 is 4.90 Å². The van der Waals surface area contributed by atoms with E-state index in [0.717, 1.165) is 17.0 Å². The molecule has 0 aromatic heterocycles. The summed E-state index contributed by atoms with van der Waals surface area (Å²) in [6.45, 7) is 0. The number of carbonyl (C=O) groups is 2. The second kappa shape index (κ2) is 4.41. The van der Waals surface area contributed by atoms with Gasteiger partial charge in [0.25, 0.3) is 5.91 Å². The Hall–Kier alpha value is -1.70. The summed E-state index contributed by atoms with van der Waals surface area (Å²) in [4.78, 5) is 26.4. The number of hydrogen-bond donors (Lipinski definition) is 0. The fourth-order valence-corrected chi connectivity index (χ4v) is 3.40. The summed E-state index contributed by atoms with van der Waals surface area (Å²) >= 11 is 1.46. The van der Waals surface area contributed by atoms with Crippen LogP contribution in [0.3, 0.4) is 0 Å². The number of urea groups is 1. The molecule has 0 aliphatic carbocycles. The van der Waals surface area contributed by atoms with Gasteiger partial charge in [-0.15, -0.1) is 11.8 Å². The van der Waals surface area contributed by atoms with Gasteiger partial charge in [0, 0.05) is 5.75 Å². The van der Waals surface area contributed by atoms with E-state index >= 15 is 0 Å². The highest BCUT2D eigenvalue weighted by molar-refractivity contribution is 7.99. The van der Waals surface area contributed by atoms with Crippen LogP contribution in [0, 0.1) is 0 Å². The molecule has 0 bridgehead atoms. The maximum absolute atomic E-state index is 12.7. The Balaban J connectivity index is 1.98. The molecule has 0 saturated carbocycles. The normalized spacial score (nSPS) is 22.6. The molecule has 3 rings (SSSR count).